The number of aliphatic hydroxyl groups excluding tert-OH is 1. The number of carbonyl (C=O) groups is 5. The van der Waals surface area contributed by atoms with Gasteiger partial charge in [-0.3, -0.25) is 28.5 Å². The predicted molar refractivity (Wildman–Crippen MR) is 309 cm³/mol. The minimum atomic E-state index is -2.75. The number of aliphatic hydroxyl groups is 1. The molecule has 0 spiro atoms. The molecule has 0 bridgehead atoms. The van der Waals surface area contributed by atoms with Crippen molar-refractivity contribution in [2.24, 2.45) is 5.41 Å². The summed E-state index contributed by atoms with van der Waals surface area (Å²) in [6.07, 6.45) is 9.05. The van der Waals surface area contributed by atoms with Crippen molar-refractivity contribution < 1.29 is 42.6 Å². The molecule has 1 unspecified atom stereocenters. The van der Waals surface area contributed by atoms with Gasteiger partial charge in [0.15, 0.2) is 5.82 Å². The summed E-state index contributed by atoms with van der Waals surface area (Å²) in [5.74, 6) is -0.365. The SMILES string of the molecule is CNC(=O)N1CCc2c(c(N3CCCc4cc(-c5cnn(CCNC(=O)CCCCCCCCC(=O)NC(C(=O)N6C[C@H](O)C[C@H]6C(=O)NCc6ccc(-c7scnc7C)cc6)C(C)(C)C)c5)c(C(F)F)cc43)nn2C2CCOCC2)C1. The number of halogens is 2. The molecule has 0 radical (unpaired) electrons. The van der Waals surface area contributed by atoms with Gasteiger partial charge >= 0.3 is 6.03 Å². The lowest BCUT2D eigenvalue weighted by Crippen LogP contribution is -2.57. The van der Waals surface area contributed by atoms with E-state index in [1.54, 1.807) is 46.4 Å². The number of carbonyl (C=O) groups excluding carboxylic acids is 5. The largest absolute Gasteiger partial charge is 0.391 e. The van der Waals surface area contributed by atoms with E-state index in [1.165, 1.54) is 4.90 Å². The molecule has 0 saturated carbocycles. The van der Waals surface area contributed by atoms with Gasteiger partial charge in [-0.15, -0.1) is 11.3 Å². The van der Waals surface area contributed by atoms with Crippen LogP contribution in [-0.4, -0.2) is 134 Å². The number of thiazole rings is 1. The Morgan fingerprint density at radius 3 is 2.34 bits per heavy atom. The molecule has 2 saturated heterocycles. The van der Waals surface area contributed by atoms with Crippen LogP contribution in [0.25, 0.3) is 21.6 Å². The number of likely N-dealkylation sites (tertiary alicyclic amines) is 1. The summed E-state index contributed by atoms with van der Waals surface area (Å²) in [5.41, 5.74) is 8.65. The molecule has 5 N–H and O–H groups in total. The van der Waals surface area contributed by atoms with Crippen LogP contribution in [0.15, 0.2) is 54.3 Å². The number of ether oxygens (including phenoxy) is 1. The number of amides is 6. The summed E-state index contributed by atoms with van der Waals surface area (Å²) >= 11 is 1.57. The molecule has 19 nitrogen and oxygen atoms in total. The zero-order chi connectivity index (χ0) is 58.1. The van der Waals surface area contributed by atoms with Crippen LogP contribution in [0, 0.1) is 12.3 Å². The van der Waals surface area contributed by atoms with Crippen LogP contribution in [0.5, 0.6) is 0 Å². The Labute approximate surface area is 482 Å². The van der Waals surface area contributed by atoms with Crippen LogP contribution in [0.1, 0.15) is 144 Å². The second-order valence-electron chi connectivity index (χ2n) is 23.3. The highest BCUT2D eigenvalue weighted by atomic mass is 32.1. The first kappa shape index (κ1) is 59.8. The zero-order valence-electron chi connectivity index (χ0n) is 48.0. The number of urea groups is 1. The molecular formula is C60H80F2N12O7S. The number of aromatic nitrogens is 5. The number of nitrogens with zero attached hydrogens (tertiary/aromatic N) is 8. The van der Waals surface area contributed by atoms with E-state index in [9.17, 15) is 29.1 Å². The topological polar surface area (TPSA) is 221 Å². The number of alkyl halides is 2. The second kappa shape index (κ2) is 27.1. The van der Waals surface area contributed by atoms with Gasteiger partial charge in [0.05, 0.1) is 47.5 Å². The monoisotopic (exact) mass is 1150 g/mol. The molecule has 3 atom stereocenters. The van der Waals surface area contributed by atoms with Crippen molar-refractivity contribution in [3.05, 3.63) is 87.9 Å². The van der Waals surface area contributed by atoms with Gasteiger partial charge in [-0.05, 0) is 85.3 Å². The van der Waals surface area contributed by atoms with Crippen molar-refractivity contribution >= 4 is 52.5 Å². The number of β-amino-alcohol motifs (C(OH)–C–C–N with tert-alkyl or cyclic N) is 1. The fraction of sp³-hybridized carbons (Fsp3) is 0.567. The summed E-state index contributed by atoms with van der Waals surface area (Å²) in [6.45, 7) is 11.4. The van der Waals surface area contributed by atoms with Crippen LogP contribution in [0.2, 0.25) is 0 Å². The number of benzene rings is 2. The molecule has 0 aliphatic carbocycles. The van der Waals surface area contributed by atoms with Gasteiger partial charge in [0.2, 0.25) is 23.6 Å². The van der Waals surface area contributed by atoms with Crippen LogP contribution >= 0.6 is 11.3 Å². The lowest BCUT2D eigenvalue weighted by molar-refractivity contribution is -0.144. The molecular weight excluding hydrogens is 1070 g/mol. The van der Waals surface area contributed by atoms with Gasteiger partial charge in [0, 0.05) is 113 Å². The lowest BCUT2D eigenvalue weighted by Gasteiger charge is -2.35. The van der Waals surface area contributed by atoms with Crippen LogP contribution in [0.4, 0.5) is 25.1 Å². The Morgan fingerprint density at radius 2 is 1.65 bits per heavy atom. The zero-order valence-corrected chi connectivity index (χ0v) is 48.8. The molecule has 2 fully saturated rings. The number of nitrogens with one attached hydrogen (secondary N) is 4. The first-order valence-corrected chi connectivity index (χ1v) is 30.1. The molecule has 442 valence electrons. The normalized spacial score (nSPS) is 17.8. The molecule has 4 aliphatic heterocycles. The van der Waals surface area contributed by atoms with Gasteiger partial charge in [-0.1, -0.05) is 70.7 Å². The molecule has 3 aromatic heterocycles. The molecule has 22 heteroatoms. The van der Waals surface area contributed by atoms with Crippen molar-refractivity contribution in [3.63, 3.8) is 0 Å². The van der Waals surface area contributed by atoms with Crippen molar-refractivity contribution in [1.29, 1.82) is 0 Å². The molecule has 7 heterocycles. The van der Waals surface area contributed by atoms with Crippen LogP contribution in [-0.2, 0) is 56.4 Å². The Bertz CT molecular complexity index is 3040. The lowest BCUT2D eigenvalue weighted by atomic mass is 9.85. The van der Waals surface area contributed by atoms with E-state index in [0.717, 1.165) is 89.3 Å². The highest BCUT2D eigenvalue weighted by Crippen LogP contribution is 2.44. The van der Waals surface area contributed by atoms with Crippen molar-refractivity contribution in [2.45, 2.75) is 168 Å². The van der Waals surface area contributed by atoms with E-state index in [2.05, 4.69) is 40.9 Å². The third-order valence-corrected chi connectivity index (χ3v) is 17.3. The Hall–Kier alpha value is -6.78. The standard InChI is InChI=1S/C60H80F2N12O7S/c1-38-53(82-37-66-38)40-18-16-39(17-19-40)32-65-57(78)50-30-44(75)35-73(50)58(79)54(60(2,3)4)68-52(77)15-11-9-7-6-8-10-14-51(76)64-23-26-71-34-42(33-67-71)45-29-41-13-12-24-72(49(41)31-46(45)55(61)62)56-47-36-70(59(80)63-5)25-20-48(47)74(69-56)43-21-27-81-28-22-43/h16-19,29,31,33-34,37,43-44,50,54-55,75H,6-15,20-28,30,32,35-36H2,1-5H3,(H,63,80)(H,64,76)(H,65,78)(H,68,77)/t44-,50+,54?/m1/s1. The number of unbranched alkanes of at least 4 members (excludes halogenated alkanes) is 5. The van der Waals surface area contributed by atoms with E-state index in [-0.39, 0.29) is 61.3 Å². The minimum Gasteiger partial charge on any atom is -0.391 e. The Kier molecular flexibility index (Phi) is 19.8. The first-order chi connectivity index (χ1) is 39.5. The quantitative estimate of drug-likeness (QED) is 0.0415. The number of rotatable bonds is 22. The minimum absolute atomic E-state index is 0.00105. The van der Waals surface area contributed by atoms with Crippen molar-refractivity contribution in [2.75, 3.05) is 51.3 Å². The number of anilines is 2. The molecule has 82 heavy (non-hydrogen) atoms. The summed E-state index contributed by atoms with van der Waals surface area (Å²) in [6, 6.07) is 9.59. The van der Waals surface area contributed by atoms with Crippen LogP contribution in [0.3, 0.4) is 0 Å². The molecule has 5 aromatic rings. The summed E-state index contributed by atoms with van der Waals surface area (Å²) in [7, 11) is 1.62. The fourth-order valence-electron chi connectivity index (χ4n) is 11.8. The van der Waals surface area contributed by atoms with Gasteiger partial charge in [-0.25, -0.2) is 18.6 Å². The second-order valence-corrected chi connectivity index (χ2v) is 24.1. The fourth-order valence-corrected chi connectivity index (χ4v) is 12.6. The predicted octanol–water partition coefficient (Wildman–Crippen LogP) is 8.30. The number of aryl methyl sites for hydroxylation is 2. The molecule has 4 aliphatic rings. The van der Waals surface area contributed by atoms with E-state index in [4.69, 9.17) is 9.84 Å². The van der Waals surface area contributed by atoms with Gasteiger partial charge < -0.3 is 45.8 Å². The van der Waals surface area contributed by atoms with Crippen LogP contribution < -0.4 is 26.2 Å². The summed E-state index contributed by atoms with van der Waals surface area (Å²) < 4.78 is 39.6. The highest BCUT2D eigenvalue weighted by molar-refractivity contribution is 7.13. The molecule has 2 aromatic carbocycles. The first-order valence-electron chi connectivity index (χ1n) is 29.2. The number of hydrogen-bond acceptors (Lipinski definition) is 12. The number of fused-ring (bicyclic) bond motifs is 2. The molecule has 6 amide bonds. The maximum absolute atomic E-state index is 15.1. The number of hydrogen-bond donors (Lipinski definition) is 5. The van der Waals surface area contributed by atoms with E-state index < -0.39 is 35.9 Å². The maximum Gasteiger partial charge on any atom is 0.317 e. The smallest absolute Gasteiger partial charge is 0.317 e. The van der Waals surface area contributed by atoms with Crippen molar-refractivity contribution in [1.82, 2.24) is 55.6 Å². The third kappa shape index (κ3) is 14.3. The highest BCUT2D eigenvalue weighted by Gasteiger charge is 2.44. The Morgan fingerprint density at radius 1 is 0.915 bits per heavy atom. The van der Waals surface area contributed by atoms with E-state index >= 15 is 8.78 Å². The maximum atomic E-state index is 15.1. The van der Waals surface area contributed by atoms with E-state index in [1.807, 2.05) is 63.5 Å². The average molecular weight is 1150 g/mol. The van der Waals surface area contributed by atoms with Crippen molar-refractivity contribution in [3.8, 4) is 21.6 Å². The average Bonchev–Trinajstić information content (AvgIpc) is 4.16. The van der Waals surface area contributed by atoms with E-state index in [0.29, 0.717) is 94.9 Å². The third-order valence-electron chi connectivity index (χ3n) is 16.3. The Balaban J connectivity index is 0.692. The molecule has 9 rings (SSSR count). The summed E-state index contributed by atoms with van der Waals surface area (Å²) in [4.78, 5) is 77.1. The summed E-state index contributed by atoms with van der Waals surface area (Å²) in [5, 5.41) is 31.9. The van der Waals surface area contributed by atoms with Gasteiger partial charge in [-0.2, -0.15) is 10.2 Å². The van der Waals surface area contributed by atoms with Gasteiger partial charge in [0.1, 0.15) is 12.1 Å². The van der Waals surface area contributed by atoms with Gasteiger partial charge in [0.25, 0.3) is 6.43 Å².